The Morgan fingerprint density at radius 3 is 2.80 bits per heavy atom. The van der Waals surface area contributed by atoms with Gasteiger partial charge in [0.2, 0.25) is 0 Å². The molecule has 0 atom stereocenters. The summed E-state index contributed by atoms with van der Waals surface area (Å²) in [5.74, 6) is 1.67. The first-order valence-corrected chi connectivity index (χ1v) is 8.00. The molecule has 20 heavy (non-hydrogen) atoms. The molecule has 0 aliphatic carbocycles. The zero-order chi connectivity index (χ0) is 14.2. The monoisotopic (exact) mass is 290 g/mol. The summed E-state index contributed by atoms with van der Waals surface area (Å²) in [7, 11) is 0. The number of rotatable bonds is 8. The predicted molar refractivity (Wildman–Crippen MR) is 83.7 cm³/mol. The summed E-state index contributed by atoms with van der Waals surface area (Å²) in [6, 6.07) is 10.4. The fraction of sp³-hybridized carbons (Fsp3) is 0.467. The Morgan fingerprint density at radius 1 is 1.25 bits per heavy atom. The summed E-state index contributed by atoms with van der Waals surface area (Å²) < 4.78 is 1.92. The normalized spacial score (nSPS) is 11.2. The van der Waals surface area contributed by atoms with Gasteiger partial charge in [-0.05, 0) is 24.6 Å². The molecule has 1 N–H and O–H groups in total. The Kier molecular flexibility index (Phi) is 6.08. The number of aromatic nitrogens is 3. The number of nitrogens with zero attached hydrogens (tertiary/aromatic N) is 3. The van der Waals surface area contributed by atoms with Crippen LogP contribution in [0.4, 0.5) is 0 Å². The molecule has 0 unspecified atom stereocenters. The molecule has 0 saturated carbocycles. The third-order valence-corrected chi connectivity index (χ3v) is 3.77. The number of benzene rings is 1. The van der Waals surface area contributed by atoms with Crippen molar-refractivity contribution in [2.24, 2.45) is 5.92 Å². The summed E-state index contributed by atoms with van der Waals surface area (Å²) in [4.78, 5) is 1.30. The van der Waals surface area contributed by atoms with Gasteiger partial charge in [0.25, 0.3) is 0 Å². The van der Waals surface area contributed by atoms with E-state index >= 15 is 0 Å². The molecule has 0 radical (unpaired) electrons. The molecule has 0 aliphatic rings. The van der Waals surface area contributed by atoms with Crippen molar-refractivity contribution in [3.63, 3.8) is 0 Å². The van der Waals surface area contributed by atoms with E-state index in [1.54, 1.807) is 0 Å². The highest BCUT2D eigenvalue weighted by molar-refractivity contribution is 7.99. The maximum absolute atomic E-state index is 4.18. The Hall–Kier alpha value is -1.33. The van der Waals surface area contributed by atoms with Crippen LogP contribution in [0, 0.1) is 5.92 Å². The topological polar surface area (TPSA) is 42.7 Å². The molecular weight excluding hydrogens is 268 g/mol. The number of hydrogen-bond donors (Lipinski definition) is 1. The van der Waals surface area contributed by atoms with E-state index < -0.39 is 0 Å². The Morgan fingerprint density at radius 2 is 2.05 bits per heavy atom. The third-order valence-electron chi connectivity index (χ3n) is 2.78. The lowest BCUT2D eigenvalue weighted by molar-refractivity contribution is 0.548. The van der Waals surface area contributed by atoms with Crippen LogP contribution in [0.2, 0.25) is 0 Å². The average Bonchev–Trinajstić information content (AvgIpc) is 2.87. The van der Waals surface area contributed by atoms with Crippen LogP contribution in [0.5, 0.6) is 0 Å². The van der Waals surface area contributed by atoms with E-state index in [0.29, 0.717) is 5.92 Å². The van der Waals surface area contributed by atoms with E-state index in [-0.39, 0.29) is 0 Å². The van der Waals surface area contributed by atoms with Crippen molar-refractivity contribution in [3.05, 3.63) is 42.2 Å². The Labute approximate surface area is 125 Å². The Bertz CT molecular complexity index is 496. The molecule has 2 rings (SSSR count). The molecule has 0 amide bonds. The highest BCUT2D eigenvalue weighted by atomic mass is 32.2. The second kappa shape index (κ2) is 8.07. The summed E-state index contributed by atoms with van der Waals surface area (Å²) >= 11 is 1.84. The minimum Gasteiger partial charge on any atom is -0.311 e. The zero-order valence-electron chi connectivity index (χ0n) is 12.1. The van der Waals surface area contributed by atoms with Crippen LogP contribution in [0.1, 0.15) is 19.5 Å². The highest BCUT2D eigenvalue weighted by Gasteiger charge is 2.01. The standard InChI is InChI=1S/C15H22N4S/c1-13(2)10-16-11-14-12-19(18-17-14)8-9-20-15-6-4-3-5-7-15/h3-7,12-13,16H,8-11H2,1-2H3. The fourth-order valence-corrected chi connectivity index (χ4v) is 2.66. The maximum Gasteiger partial charge on any atom is 0.0964 e. The first-order valence-electron chi connectivity index (χ1n) is 7.01. The molecular formula is C15H22N4S. The van der Waals surface area contributed by atoms with E-state index in [1.807, 2.05) is 28.7 Å². The minimum atomic E-state index is 0.660. The molecule has 0 spiro atoms. The molecule has 4 nitrogen and oxygen atoms in total. The quantitative estimate of drug-likeness (QED) is 0.759. The molecule has 0 fully saturated rings. The molecule has 2 aromatic rings. The van der Waals surface area contributed by atoms with Gasteiger partial charge in [-0.15, -0.1) is 16.9 Å². The van der Waals surface area contributed by atoms with Gasteiger partial charge in [0.1, 0.15) is 0 Å². The molecule has 1 aromatic heterocycles. The van der Waals surface area contributed by atoms with Crippen molar-refractivity contribution in [3.8, 4) is 0 Å². The lowest BCUT2D eigenvalue weighted by Gasteiger charge is -2.04. The summed E-state index contributed by atoms with van der Waals surface area (Å²) in [5, 5.41) is 11.7. The highest BCUT2D eigenvalue weighted by Crippen LogP contribution is 2.16. The zero-order valence-corrected chi connectivity index (χ0v) is 12.9. The first kappa shape index (κ1) is 15.1. The van der Waals surface area contributed by atoms with Gasteiger partial charge in [-0.1, -0.05) is 37.3 Å². The molecule has 0 bridgehead atoms. The fourth-order valence-electron chi connectivity index (χ4n) is 1.79. The smallest absolute Gasteiger partial charge is 0.0964 e. The van der Waals surface area contributed by atoms with Crippen LogP contribution in [-0.4, -0.2) is 27.3 Å². The third kappa shape index (κ3) is 5.35. The number of aryl methyl sites for hydroxylation is 1. The molecule has 1 heterocycles. The Balaban J connectivity index is 1.70. The maximum atomic E-state index is 4.18. The van der Waals surface area contributed by atoms with Gasteiger partial charge in [0.05, 0.1) is 12.2 Å². The van der Waals surface area contributed by atoms with Crippen molar-refractivity contribution in [1.82, 2.24) is 20.3 Å². The first-order chi connectivity index (χ1) is 9.74. The molecule has 1 aromatic carbocycles. The minimum absolute atomic E-state index is 0.660. The summed E-state index contributed by atoms with van der Waals surface area (Å²) in [5.41, 5.74) is 1.01. The second-order valence-corrected chi connectivity index (χ2v) is 6.33. The van der Waals surface area contributed by atoms with Gasteiger partial charge in [0, 0.05) is 23.4 Å². The van der Waals surface area contributed by atoms with Crippen molar-refractivity contribution in [2.75, 3.05) is 12.3 Å². The molecule has 0 saturated heterocycles. The van der Waals surface area contributed by atoms with E-state index in [2.05, 4.69) is 53.7 Å². The number of hydrogen-bond acceptors (Lipinski definition) is 4. The van der Waals surface area contributed by atoms with Gasteiger partial charge in [-0.3, -0.25) is 4.68 Å². The van der Waals surface area contributed by atoms with E-state index in [0.717, 1.165) is 31.1 Å². The SMILES string of the molecule is CC(C)CNCc1cn(CCSc2ccccc2)nn1. The second-order valence-electron chi connectivity index (χ2n) is 5.16. The van der Waals surface area contributed by atoms with Crippen molar-refractivity contribution >= 4 is 11.8 Å². The number of thioether (sulfide) groups is 1. The molecule has 108 valence electrons. The van der Waals surface area contributed by atoms with Crippen LogP contribution >= 0.6 is 11.8 Å². The lowest BCUT2D eigenvalue weighted by Crippen LogP contribution is -2.19. The van der Waals surface area contributed by atoms with E-state index in [9.17, 15) is 0 Å². The van der Waals surface area contributed by atoms with Gasteiger partial charge >= 0.3 is 0 Å². The van der Waals surface area contributed by atoms with Gasteiger partial charge in [0.15, 0.2) is 0 Å². The average molecular weight is 290 g/mol. The number of nitrogens with one attached hydrogen (secondary N) is 1. The van der Waals surface area contributed by atoms with Crippen LogP contribution in [0.3, 0.4) is 0 Å². The van der Waals surface area contributed by atoms with Gasteiger partial charge in [-0.25, -0.2) is 0 Å². The largest absolute Gasteiger partial charge is 0.311 e. The molecule has 0 aliphatic heterocycles. The van der Waals surface area contributed by atoms with Crippen molar-refractivity contribution in [1.29, 1.82) is 0 Å². The summed E-state index contributed by atoms with van der Waals surface area (Å²) in [6.45, 7) is 7.09. The predicted octanol–water partition coefficient (Wildman–Crippen LogP) is 2.82. The lowest BCUT2D eigenvalue weighted by atomic mass is 10.2. The van der Waals surface area contributed by atoms with Crippen LogP contribution < -0.4 is 5.32 Å². The van der Waals surface area contributed by atoms with Crippen LogP contribution in [-0.2, 0) is 13.1 Å². The summed E-state index contributed by atoms with van der Waals surface area (Å²) in [6.07, 6.45) is 2.03. The van der Waals surface area contributed by atoms with Gasteiger partial charge < -0.3 is 5.32 Å². The van der Waals surface area contributed by atoms with Crippen LogP contribution in [0.25, 0.3) is 0 Å². The van der Waals surface area contributed by atoms with Crippen molar-refractivity contribution in [2.45, 2.75) is 31.8 Å². The molecule has 5 heteroatoms. The van der Waals surface area contributed by atoms with Gasteiger partial charge in [-0.2, -0.15) is 0 Å². The van der Waals surface area contributed by atoms with E-state index in [1.165, 1.54) is 4.90 Å². The van der Waals surface area contributed by atoms with Crippen molar-refractivity contribution < 1.29 is 0 Å². The van der Waals surface area contributed by atoms with Crippen LogP contribution in [0.15, 0.2) is 41.4 Å². The van der Waals surface area contributed by atoms with E-state index in [4.69, 9.17) is 0 Å².